The van der Waals surface area contributed by atoms with Gasteiger partial charge in [0.15, 0.2) is 0 Å². The van der Waals surface area contributed by atoms with E-state index in [1.54, 1.807) is 24.7 Å². The van der Waals surface area contributed by atoms with Crippen molar-refractivity contribution in [1.82, 2.24) is 4.57 Å². The van der Waals surface area contributed by atoms with Crippen molar-refractivity contribution in [3.05, 3.63) is 94.8 Å². The lowest BCUT2D eigenvalue weighted by molar-refractivity contribution is 0.414. The van der Waals surface area contributed by atoms with Gasteiger partial charge in [0.25, 0.3) is 0 Å². The Morgan fingerprint density at radius 1 is 0.926 bits per heavy atom. The number of fused-ring (bicyclic) bond motifs is 1. The second-order valence-electron chi connectivity index (χ2n) is 6.01. The van der Waals surface area contributed by atoms with Crippen LogP contribution in [0.3, 0.4) is 0 Å². The summed E-state index contributed by atoms with van der Waals surface area (Å²) >= 11 is 1.64. The second kappa shape index (κ2) is 8.01. The Morgan fingerprint density at radius 2 is 1.67 bits per heavy atom. The van der Waals surface area contributed by atoms with Gasteiger partial charge in [-0.3, -0.25) is 0 Å². The highest BCUT2D eigenvalue weighted by Crippen LogP contribution is 2.18. The summed E-state index contributed by atoms with van der Waals surface area (Å²) in [7, 11) is 1.66. The third kappa shape index (κ3) is 3.83. The summed E-state index contributed by atoms with van der Waals surface area (Å²) in [6.07, 6.45) is 1.73. The topological polar surface area (TPSA) is 38.9 Å². The molecule has 0 aliphatic rings. The highest BCUT2D eigenvalue weighted by molar-refractivity contribution is 7.16. The molecular formula is C22H19N3OS. The highest BCUT2D eigenvalue weighted by atomic mass is 32.1. The molecule has 1 heterocycles. The first-order valence-electron chi connectivity index (χ1n) is 8.67. The van der Waals surface area contributed by atoms with E-state index in [1.165, 1.54) is 10.3 Å². The largest absolute Gasteiger partial charge is 0.496 e. The molecule has 4 rings (SSSR count). The lowest BCUT2D eigenvalue weighted by atomic mass is 10.2. The van der Waals surface area contributed by atoms with E-state index in [0.29, 0.717) is 0 Å². The van der Waals surface area contributed by atoms with E-state index in [0.717, 1.165) is 28.2 Å². The number of hydrogen-bond donors (Lipinski definition) is 0. The summed E-state index contributed by atoms with van der Waals surface area (Å²) in [6, 6.07) is 26.5. The van der Waals surface area contributed by atoms with Crippen molar-refractivity contribution < 1.29 is 4.74 Å². The lowest BCUT2D eigenvalue weighted by Gasteiger charge is -2.05. The van der Waals surface area contributed by atoms with E-state index < -0.39 is 0 Å². The highest BCUT2D eigenvalue weighted by Gasteiger charge is 2.06. The molecule has 1 aromatic heterocycles. The standard InChI is InChI=1S/C22H19N3OS/c1-26-20-13-7-5-11-18(20)15-23-24-22-25(16-17-9-3-2-4-10-17)19-12-6-8-14-21(19)27-22/h2-15H,16H2,1H3. The molecule has 0 aliphatic heterocycles. The normalized spacial score (nSPS) is 12.1. The van der Waals surface area contributed by atoms with Crippen LogP contribution >= 0.6 is 11.3 Å². The van der Waals surface area contributed by atoms with Gasteiger partial charge in [-0.2, -0.15) is 5.10 Å². The third-order valence-electron chi connectivity index (χ3n) is 4.25. The SMILES string of the molecule is COc1ccccc1C=NN=c1sc2ccccc2n1Cc1ccccc1. The molecule has 134 valence electrons. The van der Waals surface area contributed by atoms with Gasteiger partial charge in [-0.15, -0.1) is 5.10 Å². The molecule has 5 heteroatoms. The monoisotopic (exact) mass is 373 g/mol. The molecule has 0 spiro atoms. The van der Waals surface area contributed by atoms with E-state index >= 15 is 0 Å². The molecule has 0 bridgehead atoms. The van der Waals surface area contributed by atoms with Crippen molar-refractivity contribution in [2.24, 2.45) is 10.2 Å². The van der Waals surface area contributed by atoms with Gasteiger partial charge in [0, 0.05) is 5.56 Å². The van der Waals surface area contributed by atoms with E-state index in [4.69, 9.17) is 4.74 Å². The van der Waals surface area contributed by atoms with Crippen LogP contribution in [0.25, 0.3) is 10.2 Å². The fraction of sp³-hybridized carbons (Fsp3) is 0.0909. The predicted molar refractivity (Wildman–Crippen MR) is 112 cm³/mol. The van der Waals surface area contributed by atoms with Crippen LogP contribution in [-0.2, 0) is 6.54 Å². The van der Waals surface area contributed by atoms with Crippen LogP contribution < -0.4 is 9.54 Å². The van der Waals surface area contributed by atoms with Gasteiger partial charge in [0.1, 0.15) is 5.75 Å². The Bertz CT molecular complexity index is 1140. The minimum atomic E-state index is 0.758. The Hall–Kier alpha value is -3.18. The number of benzene rings is 3. The lowest BCUT2D eigenvalue weighted by Crippen LogP contribution is -2.15. The average Bonchev–Trinajstić information content (AvgIpc) is 3.06. The summed E-state index contributed by atoms with van der Waals surface area (Å²) in [4.78, 5) is 0.867. The molecule has 0 unspecified atom stereocenters. The molecule has 3 aromatic carbocycles. The maximum absolute atomic E-state index is 5.36. The number of aromatic nitrogens is 1. The number of para-hydroxylation sites is 2. The van der Waals surface area contributed by atoms with Crippen LogP contribution in [0.2, 0.25) is 0 Å². The second-order valence-corrected chi connectivity index (χ2v) is 7.02. The van der Waals surface area contributed by atoms with E-state index in [2.05, 4.69) is 57.2 Å². The zero-order chi connectivity index (χ0) is 18.5. The molecule has 0 aliphatic carbocycles. The smallest absolute Gasteiger partial charge is 0.211 e. The first kappa shape index (κ1) is 17.2. The van der Waals surface area contributed by atoms with E-state index in [1.807, 2.05) is 36.4 Å². The van der Waals surface area contributed by atoms with E-state index in [9.17, 15) is 0 Å². The number of rotatable bonds is 5. The van der Waals surface area contributed by atoms with Crippen LogP contribution in [-0.4, -0.2) is 17.9 Å². The molecule has 0 N–H and O–H groups in total. The molecule has 0 saturated heterocycles. The van der Waals surface area contributed by atoms with Crippen LogP contribution in [0, 0.1) is 0 Å². The molecule has 0 saturated carbocycles. The van der Waals surface area contributed by atoms with Gasteiger partial charge < -0.3 is 9.30 Å². The molecule has 4 aromatic rings. The molecule has 27 heavy (non-hydrogen) atoms. The third-order valence-corrected chi connectivity index (χ3v) is 5.30. The fourth-order valence-electron chi connectivity index (χ4n) is 2.93. The van der Waals surface area contributed by atoms with Gasteiger partial charge >= 0.3 is 0 Å². The molecule has 0 radical (unpaired) electrons. The number of nitrogens with zero attached hydrogens (tertiary/aromatic N) is 3. The van der Waals surface area contributed by atoms with Crippen molar-refractivity contribution >= 4 is 27.8 Å². The van der Waals surface area contributed by atoms with Gasteiger partial charge in [-0.25, -0.2) is 0 Å². The molecular weight excluding hydrogens is 354 g/mol. The Balaban J connectivity index is 1.75. The summed E-state index contributed by atoms with van der Waals surface area (Å²) < 4.78 is 8.76. The summed E-state index contributed by atoms with van der Waals surface area (Å²) in [5.74, 6) is 0.782. The van der Waals surface area contributed by atoms with Gasteiger partial charge in [0.05, 0.1) is 30.1 Å². The first-order chi connectivity index (χ1) is 13.3. The molecule has 0 fully saturated rings. The summed E-state index contributed by atoms with van der Waals surface area (Å²) in [6.45, 7) is 0.758. The summed E-state index contributed by atoms with van der Waals surface area (Å²) in [5, 5.41) is 8.83. The average molecular weight is 373 g/mol. The zero-order valence-corrected chi connectivity index (χ0v) is 15.8. The quantitative estimate of drug-likeness (QED) is 0.369. The predicted octanol–water partition coefficient (Wildman–Crippen LogP) is 4.69. The molecule has 0 amide bonds. The van der Waals surface area contributed by atoms with Crippen LogP contribution in [0.5, 0.6) is 5.75 Å². The maximum atomic E-state index is 5.36. The van der Waals surface area contributed by atoms with Gasteiger partial charge in [-0.05, 0) is 29.8 Å². The first-order valence-corrected chi connectivity index (χ1v) is 9.49. The fourth-order valence-corrected chi connectivity index (χ4v) is 3.92. The van der Waals surface area contributed by atoms with Crippen molar-refractivity contribution in [1.29, 1.82) is 0 Å². The number of hydrogen-bond acceptors (Lipinski definition) is 4. The molecule has 0 atom stereocenters. The maximum Gasteiger partial charge on any atom is 0.211 e. The number of ether oxygens (including phenoxy) is 1. The Morgan fingerprint density at radius 3 is 2.52 bits per heavy atom. The zero-order valence-electron chi connectivity index (χ0n) is 14.9. The molecule has 4 nitrogen and oxygen atoms in total. The van der Waals surface area contributed by atoms with Crippen molar-refractivity contribution in [2.45, 2.75) is 6.54 Å². The van der Waals surface area contributed by atoms with Gasteiger partial charge in [0.2, 0.25) is 4.80 Å². The minimum absolute atomic E-state index is 0.758. The number of thiazole rings is 1. The van der Waals surface area contributed by atoms with Gasteiger partial charge in [-0.1, -0.05) is 65.9 Å². The van der Waals surface area contributed by atoms with Crippen LogP contribution in [0.15, 0.2) is 89.1 Å². The summed E-state index contributed by atoms with van der Waals surface area (Å²) in [5.41, 5.74) is 3.30. The van der Waals surface area contributed by atoms with E-state index in [-0.39, 0.29) is 0 Å². The van der Waals surface area contributed by atoms with Crippen LogP contribution in [0.1, 0.15) is 11.1 Å². The van der Waals surface area contributed by atoms with Crippen molar-refractivity contribution in [2.75, 3.05) is 7.11 Å². The van der Waals surface area contributed by atoms with Crippen molar-refractivity contribution in [3.63, 3.8) is 0 Å². The Labute approximate surface area is 161 Å². The number of methoxy groups -OCH3 is 1. The Kier molecular flexibility index (Phi) is 5.12. The van der Waals surface area contributed by atoms with Crippen LogP contribution in [0.4, 0.5) is 0 Å². The van der Waals surface area contributed by atoms with Crippen molar-refractivity contribution in [3.8, 4) is 5.75 Å². The minimum Gasteiger partial charge on any atom is -0.496 e.